The van der Waals surface area contributed by atoms with Crippen LogP contribution in [0.3, 0.4) is 0 Å². The molecule has 0 saturated heterocycles. The van der Waals surface area contributed by atoms with E-state index in [9.17, 15) is 4.79 Å². The van der Waals surface area contributed by atoms with Crippen molar-refractivity contribution < 1.29 is 19.0 Å². The Morgan fingerprint density at radius 2 is 1.96 bits per heavy atom. The molecule has 0 fully saturated rings. The van der Waals surface area contributed by atoms with Gasteiger partial charge < -0.3 is 19.1 Å². The van der Waals surface area contributed by atoms with E-state index >= 15 is 0 Å². The van der Waals surface area contributed by atoms with E-state index in [4.69, 9.17) is 14.2 Å². The zero-order valence-corrected chi connectivity index (χ0v) is 15.2. The number of pyridine rings is 1. The predicted octanol–water partition coefficient (Wildman–Crippen LogP) is 3.89. The summed E-state index contributed by atoms with van der Waals surface area (Å²) in [6.07, 6.45) is 5.56. The van der Waals surface area contributed by atoms with Crippen LogP contribution in [0.15, 0.2) is 48.8 Å². The van der Waals surface area contributed by atoms with Gasteiger partial charge in [0.25, 0.3) is 0 Å². The summed E-state index contributed by atoms with van der Waals surface area (Å²) in [6.45, 7) is 0. The molecule has 0 saturated carbocycles. The van der Waals surface area contributed by atoms with Gasteiger partial charge in [0.2, 0.25) is 0 Å². The van der Waals surface area contributed by atoms with Crippen molar-refractivity contribution in [3.8, 4) is 17.2 Å². The zero-order chi connectivity index (χ0) is 19.0. The van der Waals surface area contributed by atoms with Crippen LogP contribution >= 0.6 is 0 Å². The molecule has 3 aromatic rings. The first kappa shape index (κ1) is 16.9. The molecule has 4 rings (SSSR count). The number of aromatic nitrogens is 1. The van der Waals surface area contributed by atoms with E-state index in [1.165, 1.54) is 0 Å². The Hall–Kier alpha value is -3.54. The van der Waals surface area contributed by atoms with Crippen molar-refractivity contribution >= 4 is 28.5 Å². The van der Waals surface area contributed by atoms with Crippen molar-refractivity contribution in [2.45, 2.75) is 0 Å². The number of rotatable bonds is 4. The van der Waals surface area contributed by atoms with Crippen molar-refractivity contribution in [1.82, 2.24) is 4.98 Å². The second kappa shape index (κ2) is 6.64. The van der Waals surface area contributed by atoms with Gasteiger partial charge in [-0.15, -0.1) is 0 Å². The lowest BCUT2D eigenvalue weighted by Crippen LogP contribution is -2.17. The topological polar surface area (TPSA) is 60.9 Å². The lowest BCUT2D eigenvalue weighted by molar-refractivity contribution is 0.0730. The predicted molar refractivity (Wildman–Crippen MR) is 104 cm³/mol. The van der Waals surface area contributed by atoms with E-state index in [2.05, 4.69) is 4.98 Å². The molecule has 0 bridgehead atoms. The van der Waals surface area contributed by atoms with Crippen LogP contribution in [0.4, 0.5) is 5.69 Å². The van der Waals surface area contributed by atoms with Crippen molar-refractivity contribution in [3.05, 3.63) is 60.1 Å². The molecular weight excluding hydrogens is 344 g/mol. The van der Waals surface area contributed by atoms with Crippen molar-refractivity contribution in [2.24, 2.45) is 0 Å². The molecule has 6 heteroatoms. The first-order valence-electron chi connectivity index (χ1n) is 8.39. The highest BCUT2D eigenvalue weighted by Crippen LogP contribution is 2.46. The molecule has 0 spiro atoms. The number of ether oxygens (including phenoxy) is 3. The number of hydrogen-bond acceptors (Lipinski definition) is 6. The molecule has 0 N–H and O–H groups in total. The van der Waals surface area contributed by atoms with Gasteiger partial charge in [0.15, 0.2) is 11.5 Å². The van der Waals surface area contributed by atoms with Crippen LogP contribution in [0.2, 0.25) is 0 Å². The average molecular weight is 362 g/mol. The van der Waals surface area contributed by atoms with Crippen LogP contribution in [-0.4, -0.2) is 32.2 Å². The minimum Gasteiger partial charge on any atom is -0.497 e. The van der Waals surface area contributed by atoms with Gasteiger partial charge in [0.1, 0.15) is 5.75 Å². The molecule has 0 atom stereocenters. The number of nitrogens with zero attached hydrogens (tertiary/aromatic N) is 2. The molecular formula is C21H18N2O4. The summed E-state index contributed by atoms with van der Waals surface area (Å²) in [4.78, 5) is 19.1. The standard InChI is InChI=1S/C21H18N2O4/c1-23-10-8-16-18-13(7-9-22-16)12-17(26-3)20(19(18)23)27-21(24)14-5-4-6-15(11-14)25-2/h4-12H,1-3H3. The summed E-state index contributed by atoms with van der Waals surface area (Å²) < 4.78 is 16.5. The fourth-order valence-electron chi connectivity index (χ4n) is 3.18. The van der Waals surface area contributed by atoms with Gasteiger partial charge in [-0.05, 0) is 41.8 Å². The first-order chi connectivity index (χ1) is 13.1. The maximum Gasteiger partial charge on any atom is 0.343 e. The van der Waals surface area contributed by atoms with E-state index in [1.54, 1.807) is 44.7 Å². The normalized spacial score (nSPS) is 12.2. The van der Waals surface area contributed by atoms with Gasteiger partial charge in [-0.1, -0.05) is 6.07 Å². The third-order valence-electron chi connectivity index (χ3n) is 4.50. The summed E-state index contributed by atoms with van der Waals surface area (Å²) in [5, 5.41) is 1.88. The molecule has 0 aliphatic carbocycles. The number of esters is 1. The molecule has 0 radical (unpaired) electrons. The monoisotopic (exact) mass is 362 g/mol. The second-order valence-electron chi connectivity index (χ2n) is 6.10. The Kier molecular flexibility index (Phi) is 4.16. The first-order valence-corrected chi connectivity index (χ1v) is 8.39. The number of methoxy groups -OCH3 is 2. The highest BCUT2D eigenvalue weighted by Gasteiger charge is 2.25. The third kappa shape index (κ3) is 2.85. The van der Waals surface area contributed by atoms with Crippen LogP contribution in [0.25, 0.3) is 16.8 Å². The minimum absolute atomic E-state index is 0.360. The summed E-state index contributed by atoms with van der Waals surface area (Å²) in [6, 6.07) is 10.6. The minimum atomic E-state index is -0.490. The van der Waals surface area contributed by atoms with E-state index in [1.807, 2.05) is 36.4 Å². The average Bonchev–Trinajstić information content (AvgIpc) is 2.71. The molecule has 1 aliphatic rings. The second-order valence-corrected chi connectivity index (χ2v) is 6.10. The van der Waals surface area contributed by atoms with Crippen LogP contribution in [0.5, 0.6) is 17.2 Å². The fraction of sp³-hybridized carbons (Fsp3) is 0.143. The number of hydrogen-bond donors (Lipinski definition) is 0. The molecule has 0 unspecified atom stereocenters. The van der Waals surface area contributed by atoms with Gasteiger partial charge >= 0.3 is 5.97 Å². The van der Waals surface area contributed by atoms with Crippen LogP contribution in [0.1, 0.15) is 16.1 Å². The highest BCUT2D eigenvalue weighted by molar-refractivity contribution is 6.07. The van der Waals surface area contributed by atoms with Gasteiger partial charge in [-0.25, -0.2) is 4.79 Å². The number of carbonyl (C=O) groups is 1. The Morgan fingerprint density at radius 1 is 1.11 bits per heavy atom. The molecule has 2 heterocycles. The maximum absolute atomic E-state index is 12.8. The van der Waals surface area contributed by atoms with Crippen molar-refractivity contribution in [2.75, 3.05) is 26.2 Å². The molecule has 1 aliphatic heterocycles. The van der Waals surface area contributed by atoms with Crippen molar-refractivity contribution in [3.63, 3.8) is 0 Å². The summed E-state index contributed by atoms with van der Waals surface area (Å²) in [5.41, 5.74) is 1.96. The number of carbonyl (C=O) groups excluding carboxylic acids is 1. The fourth-order valence-corrected chi connectivity index (χ4v) is 3.18. The smallest absolute Gasteiger partial charge is 0.343 e. The lowest BCUT2D eigenvalue weighted by atomic mass is 10.0. The number of benzene rings is 2. The van der Waals surface area contributed by atoms with Crippen LogP contribution in [-0.2, 0) is 0 Å². The van der Waals surface area contributed by atoms with Gasteiger partial charge in [0, 0.05) is 24.8 Å². The summed E-state index contributed by atoms with van der Waals surface area (Å²) >= 11 is 0. The van der Waals surface area contributed by atoms with E-state index in [0.717, 1.165) is 22.2 Å². The Labute approximate surface area is 156 Å². The molecule has 2 aromatic carbocycles. The van der Waals surface area contributed by atoms with Gasteiger partial charge in [0.05, 0.1) is 31.2 Å². The van der Waals surface area contributed by atoms with Crippen LogP contribution in [0, 0.1) is 0 Å². The summed E-state index contributed by atoms with van der Waals surface area (Å²) in [5.74, 6) is 0.936. The van der Waals surface area contributed by atoms with E-state index in [0.29, 0.717) is 22.8 Å². The molecule has 6 nitrogen and oxygen atoms in total. The maximum atomic E-state index is 12.8. The molecule has 27 heavy (non-hydrogen) atoms. The SMILES string of the molecule is COc1cccc(C(=O)Oc2c(OC)cc3ccnc4c3c2N(C)C=C4)c1. The third-order valence-corrected chi connectivity index (χ3v) is 4.50. The largest absolute Gasteiger partial charge is 0.497 e. The molecule has 136 valence electrons. The number of anilines is 1. The van der Waals surface area contributed by atoms with Crippen LogP contribution < -0.4 is 19.1 Å². The highest BCUT2D eigenvalue weighted by atomic mass is 16.6. The molecule has 1 aromatic heterocycles. The van der Waals surface area contributed by atoms with Crippen molar-refractivity contribution in [1.29, 1.82) is 0 Å². The quantitative estimate of drug-likeness (QED) is 0.518. The molecule has 0 amide bonds. The van der Waals surface area contributed by atoms with Gasteiger partial charge in [-0.3, -0.25) is 4.98 Å². The Morgan fingerprint density at radius 3 is 2.74 bits per heavy atom. The Balaban J connectivity index is 1.85. The van der Waals surface area contributed by atoms with E-state index < -0.39 is 5.97 Å². The van der Waals surface area contributed by atoms with Gasteiger partial charge in [-0.2, -0.15) is 0 Å². The Bertz CT molecular complexity index is 1080. The summed E-state index contributed by atoms with van der Waals surface area (Å²) in [7, 11) is 5.00. The zero-order valence-electron chi connectivity index (χ0n) is 15.2. The lowest BCUT2D eigenvalue weighted by Gasteiger charge is -2.25. The van der Waals surface area contributed by atoms with E-state index in [-0.39, 0.29) is 0 Å².